The highest BCUT2D eigenvalue weighted by Crippen LogP contribution is 2.45. The number of Topliss-reactive ketones (excluding diaryl/α,β-unsaturated/α-hetero) is 1. The Balaban J connectivity index is 1.55. The van der Waals surface area contributed by atoms with Gasteiger partial charge in [-0.1, -0.05) is 96.6 Å². The lowest BCUT2D eigenvalue weighted by atomic mass is 9.95. The van der Waals surface area contributed by atoms with Gasteiger partial charge in [0.15, 0.2) is 15.8 Å². The largest absolute Gasteiger partial charge is 0.507 e. The summed E-state index contributed by atoms with van der Waals surface area (Å²) in [5.74, 6) is -0.199. The van der Waals surface area contributed by atoms with E-state index in [9.17, 15) is 14.7 Å². The van der Waals surface area contributed by atoms with Gasteiger partial charge in [0.25, 0.3) is 5.78 Å². The third-order valence-corrected chi connectivity index (χ3v) is 9.09. The summed E-state index contributed by atoms with van der Waals surface area (Å²) in [7, 11) is 0. The number of unbranched alkanes of at least 4 members (excludes halogenated alkanes) is 1. The molecule has 1 fully saturated rings. The summed E-state index contributed by atoms with van der Waals surface area (Å²) in [5.41, 5.74) is 2.00. The Morgan fingerprint density at radius 2 is 1.77 bits per heavy atom. The molecule has 1 N–H and O–H groups in total. The van der Waals surface area contributed by atoms with E-state index in [-0.39, 0.29) is 16.5 Å². The number of ketones is 1. The monoisotopic (exact) mass is 635 g/mol. The van der Waals surface area contributed by atoms with Crippen LogP contribution < -0.4 is 14.4 Å². The van der Waals surface area contributed by atoms with E-state index in [1.165, 1.54) is 28.0 Å². The molecule has 3 aromatic carbocycles. The van der Waals surface area contributed by atoms with Crippen molar-refractivity contribution < 1.29 is 24.2 Å². The molecule has 1 atom stereocenters. The van der Waals surface area contributed by atoms with Gasteiger partial charge in [0.1, 0.15) is 5.76 Å². The van der Waals surface area contributed by atoms with Gasteiger partial charge in [-0.05, 0) is 48.7 Å². The maximum Gasteiger partial charge on any atom is 0.301 e. The molecule has 5 rings (SSSR count). The number of aromatic nitrogens is 2. The minimum absolute atomic E-state index is 0.0381. The Hall–Kier alpha value is -3.86. The number of aliphatic hydroxyl groups excluding tert-OH is 1. The molecule has 2 heterocycles. The highest BCUT2D eigenvalue weighted by atomic mass is 35.5. The molecule has 0 bridgehead atoms. The van der Waals surface area contributed by atoms with E-state index < -0.39 is 17.7 Å². The number of hydrogen-bond donors (Lipinski definition) is 1. The van der Waals surface area contributed by atoms with Crippen molar-refractivity contribution in [2.75, 3.05) is 18.1 Å². The molecule has 8 nitrogen and oxygen atoms in total. The first-order chi connectivity index (χ1) is 20.9. The van der Waals surface area contributed by atoms with Gasteiger partial charge in [0.2, 0.25) is 5.13 Å². The molecule has 1 saturated heterocycles. The maximum atomic E-state index is 13.6. The zero-order chi connectivity index (χ0) is 30.3. The zero-order valence-electron chi connectivity index (χ0n) is 23.7. The van der Waals surface area contributed by atoms with Crippen LogP contribution in [-0.2, 0) is 15.3 Å². The van der Waals surface area contributed by atoms with Gasteiger partial charge in [0.05, 0.1) is 24.8 Å². The first-order valence-electron chi connectivity index (χ1n) is 13.9. The predicted molar refractivity (Wildman–Crippen MR) is 170 cm³/mol. The van der Waals surface area contributed by atoms with Crippen molar-refractivity contribution in [1.29, 1.82) is 0 Å². The van der Waals surface area contributed by atoms with Crippen LogP contribution in [0.25, 0.3) is 5.76 Å². The average Bonchev–Trinajstić information content (AvgIpc) is 3.59. The van der Waals surface area contributed by atoms with Crippen molar-refractivity contribution in [3.8, 4) is 11.5 Å². The van der Waals surface area contributed by atoms with Crippen molar-refractivity contribution in [2.24, 2.45) is 0 Å². The second-order valence-corrected chi connectivity index (χ2v) is 12.3. The number of anilines is 1. The van der Waals surface area contributed by atoms with Gasteiger partial charge in [-0.2, -0.15) is 0 Å². The van der Waals surface area contributed by atoms with Crippen molar-refractivity contribution in [3.05, 3.63) is 100 Å². The number of rotatable bonds is 12. The summed E-state index contributed by atoms with van der Waals surface area (Å²) in [4.78, 5) is 28.5. The SMILES string of the molecule is CCCCOc1ccc(C2C(=C(O)c3ccccc3)C(=O)C(=O)N2c2nnc(SCc3ccc(Cl)cc3)s2)cc1OCC. The van der Waals surface area contributed by atoms with E-state index >= 15 is 0 Å². The number of nitrogens with zero attached hydrogens (tertiary/aromatic N) is 3. The smallest absolute Gasteiger partial charge is 0.301 e. The molecule has 4 aromatic rings. The second-order valence-electron chi connectivity index (χ2n) is 9.64. The van der Waals surface area contributed by atoms with Gasteiger partial charge in [0, 0.05) is 16.3 Å². The van der Waals surface area contributed by atoms with Crippen LogP contribution in [0.1, 0.15) is 49.4 Å². The van der Waals surface area contributed by atoms with E-state index in [4.69, 9.17) is 21.1 Å². The molecule has 1 amide bonds. The summed E-state index contributed by atoms with van der Waals surface area (Å²) < 4.78 is 12.5. The fourth-order valence-corrected chi connectivity index (χ4v) is 6.54. The lowest BCUT2D eigenvalue weighted by Crippen LogP contribution is -2.29. The van der Waals surface area contributed by atoms with Gasteiger partial charge in [-0.25, -0.2) is 0 Å². The molecular formula is C32H30ClN3O5S2. The van der Waals surface area contributed by atoms with Crippen molar-refractivity contribution >= 4 is 57.3 Å². The Kier molecular flexibility index (Phi) is 10.0. The van der Waals surface area contributed by atoms with E-state index in [1.54, 1.807) is 42.5 Å². The molecule has 11 heteroatoms. The fourth-order valence-electron chi connectivity index (χ4n) is 4.59. The lowest BCUT2D eigenvalue weighted by molar-refractivity contribution is -0.132. The Bertz CT molecular complexity index is 1630. The summed E-state index contributed by atoms with van der Waals surface area (Å²) in [5, 5.41) is 20.9. The Morgan fingerprint density at radius 3 is 2.49 bits per heavy atom. The van der Waals surface area contributed by atoms with E-state index in [2.05, 4.69) is 17.1 Å². The summed E-state index contributed by atoms with van der Waals surface area (Å²) in [6, 6.07) is 20.6. The minimum atomic E-state index is -0.967. The fraction of sp³-hybridized carbons (Fsp3) is 0.250. The van der Waals surface area contributed by atoms with Gasteiger partial charge >= 0.3 is 5.91 Å². The first-order valence-corrected chi connectivity index (χ1v) is 16.1. The quantitative estimate of drug-likeness (QED) is 0.0422. The van der Waals surface area contributed by atoms with Gasteiger partial charge in [-0.15, -0.1) is 10.2 Å². The number of amides is 1. The number of halogens is 1. The average molecular weight is 636 g/mol. The second kappa shape index (κ2) is 14.1. The molecule has 1 aromatic heterocycles. The normalized spacial score (nSPS) is 16.1. The van der Waals surface area contributed by atoms with Crippen LogP contribution in [0.4, 0.5) is 5.13 Å². The number of benzene rings is 3. The Labute approximate surface area is 263 Å². The third kappa shape index (κ3) is 6.87. The molecule has 1 unspecified atom stereocenters. The van der Waals surface area contributed by atoms with Crippen molar-refractivity contribution in [3.63, 3.8) is 0 Å². The molecule has 0 spiro atoms. The number of aliphatic hydroxyl groups is 1. The van der Waals surface area contributed by atoms with E-state index in [0.717, 1.165) is 18.4 Å². The number of hydrogen-bond acceptors (Lipinski definition) is 9. The van der Waals surface area contributed by atoms with Crippen LogP contribution in [0, 0.1) is 0 Å². The highest BCUT2D eigenvalue weighted by molar-refractivity contribution is 8.00. The van der Waals surface area contributed by atoms with Gasteiger partial charge < -0.3 is 14.6 Å². The van der Waals surface area contributed by atoms with Crippen LogP contribution >= 0.6 is 34.7 Å². The van der Waals surface area contributed by atoms with Crippen LogP contribution in [0.3, 0.4) is 0 Å². The van der Waals surface area contributed by atoms with Crippen LogP contribution in [0.15, 0.2) is 82.7 Å². The predicted octanol–water partition coefficient (Wildman–Crippen LogP) is 7.69. The number of ether oxygens (including phenoxy) is 2. The summed E-state index contributed by atoms with van der Waals surface area (Å²) in [6.07, 6.45) is 1.87. The van der Waals surface area contributed by atoms with Crippen LogP contribution in [-0.4, -0.2) is 40.2 Å². The molecule has 1 aliphatic rings. The molecular weight excluding hydrogens is 606 g/mol. The number of carbonyl (C=O) groups is 2. The van der Waals surface area contributed by atoms with Crippen molar-refractivity contribution in [2.45, 2.75) is 42.8 Å². The lowest BCUT2D eigenvalue weighted by Gasteiger charge is -2.23. The van der Waals surface area contributed by atoms with E-state index in [1.807, 2.05) is 37.3 Å². The van der Waals surface area contributed by atoms with Crippen LogP contribution in [0.2, 0.25) is 5.02 Å². The first kappa shape index (κ1) is 30.6. The van der Waals surface area contributed by atoms with Crippen LogP contribution in [0.5, 0.6) is 11.5 Å². The molecule has 0 aliphatic carbocycles. The number of thioether (sulfide) groups is 1. The standard InChI is InChI=1S/C32H30ClN3O5S2/c1-3-5-17-41-24-16-13-22(18-25(24)40-4-2)27-26(28(37)21-9-7-6-8-10-21)29(38)30(39)36(27)31-34-35-32(43-31)42-19-20-11-14-23(33)15-12-20/h6-16,18,27,37H,3-5,17,19H2,1-2H3. The van der Waals surface area contributed by atoms with E-state index in [0.29, 0.717) is 51.0 Å². The van der Waals surface area contributed by atoms with Gasteiger partial charge in [-0.3, -0.25) is 14.5 Å². The highest BCUT2D eigenvalue weighted by Gasteiger charge is 2.48. The minimum Gasteiger partial charge on any atom is -0.507 e. The molecule has 222 valence electrons. The maximum absolute atomic E-state index is 13.6. The molecule has 0 radical (unpaired) electrons. The molecule has 43 heavy (non-hydrogen) atoms. The molecule has 0 saturated carbocycles. The zero-order valence-corrected chi connectivity index (χ0v) is 26.0. The van der Waals surface area contributed by atoms with Crippen molar-refractivity contribution in [1.82, 2.24) is 10.2 Å². The third-order valence-electron chi connectivity index (χ3n) is 6.71. The number of carbonyl (C=O) groups excluding carboxylic acids is 2. The topological polar surface area (TPSA) is 102 Å². The summed E-state index contributed by atoms with van der Waals surface area (Å²) >= 11 is 8.67. The summed E-state index contributed by atoms with van der Waals surface area (Å²) in [6.45, 7) is 4.88. The molecule has 1 aliphatic heterocycles. The Morgan fingerprint density at radius 1 is 1.00 bits per heavy atom.